The van der Waals surface area contributed by atoms with Crippen molar-refractivity contribution in [2.24, 2.45) is 0 Å². The van der Waals surface area contributed by atoms with E-state index in [1.54, 1.807) is 37.3 Å². The zero-order valence-corrected chi connectivity index (χ0v) is 11.6. The molecule has 2 heterocycles. The minimum atomic E-state index is -0.787. The number of hydrogen-bond donors (Lipinski definition) is 2. The summed E-state index contributed by atoms with van der Waals surface area (Å²) in [6.07, 6.45) is 0. The van der Waals surface area contributed by atoms with Crippen LogP contribution < -0.4 is 16.4 Å². The van der Waals surface area contributed by atoms with Crippen LogP contribution in [0.3, 0.4) is 0 Å². The molecule has 2 N–H and O–H groups in total. The van der Waals surface area contributed by atoms with Crippen LogP contribution in [0.1, 0.15) is 5.76 Å². The van der Waals surface area contributed by atoms with Gasteiger partial charge in [0.1, 0.15) is 12.3 Å². The lowest BCUT2D eigenvalue weighted by atomic mass is 10.3. The third-order valence-corrected chi connectivity index (χ3v) is 3.08. The van der Waals surface area contributed by atoms with E-state index in [0.717, 1.165) is 4.57 Å². The summed E-state index contributed by atoms with van der Waals surface area (Å²) in [5.74, 6) is 0.324. The van der Waals surface area contributed by atoms with E-state index in [1.807, 2.05) is 0 Å². The summed E-state index contributed by atoms with van der Waals surface area (Å²) >= 11 is 0. The molecule has 0 bridgehead atoms. The zero-order valence-electron chi connectivity index (χ0n) is 11.6. The van der Waals surface area contributed by atoms with E-state index in [4.69, 9.17) is 4.52 Å². The van der Waals surface area contributed by atoms with E-state index in [-0.39, 0.29) is 12.4 Å². The van der Waals surface area contributed by atoms with Gasteiger partial charge in [-0.15, -0.1) is 0 Å². The molecule has 3 rings (SSSR count). The van der Waals surface area contributed by atoms with Gasteiger partial charge >= 0.3 is 11.1 Å². The first kappa shape index (κ1) is 13.8. The standard InChI is InChI=1S/C14H12N4O4/c1-8-6-11(17-22-8)16-12(19)7-18-10-5-3-2-4-9(10)15-13(20)14(18)21/h2-6H,7H2,1H3,(H,15,20)(H,16,17,19). The van der Waals surface area contributed by atoms with Crippen LogP contribution in [0.2, 0.25) is 0 Å². The van der Waals surface area contributed by atoms with Crippen LogP contribution in [0.4, 0.5) is 5.82 Å². The molecular weight excluding hydrogens is 288 g/mol. The average Bonchev–Trinajstić information content (AvgIpc) is 2.89. The van der Waals surface area contributed by atoms with Gasteiger partial charge < -0.3 is 14.8 Å². The van der Waals surface area contributed by atoms with Crippen molar-refractivity contribution in [3.8, 4) is 0 Å². The molecule has 1 aromatic carbocycles. The van der Waals surface area contributed by atoms with Gasteiger partial charge in [-0.3, -0.25) is 19.0 Å². The molecule has 0 aliphatic carbocycles. The van der Waals surface area contributed by atoms with Gasteiger partial charge in [-0.1, -0.05) is 17.3 Å². The van der Waals surface area contributed by atoms with Gasteiger partial charge in [0.25, 0.3) is 0 Å². The highest BCUT2D eigenvalue weighted by Gasteiger charge is 2.12. The molecule has 8 nitrogen and oxygen atoms in total. The molecule has 0 saturated carbocycles. The Labute approximate surface area is 123 Å². The second-order valence-corrected chi connectivity index (χ2v) is 4.73. The van der Waals surface area contributed by atoms with E-state index < -0.39 is 17.0 Å². The van der Waals surface area contributed by atoms with Crippen LogP contribution in [0.25, 0.3) is 11.0 Å². The fourth-order valence-electron chi connectivity index (χ4n) is 2.13. The van der Waals surface area contributed by atoms with Crippen molar-refractivity contribution in [2.75, 3.05) is 5.32 Å². The SMILES string of the molecule is Cc1cc(NC(=O)Cn2c(=O)c(=O)[nH]c3ccccc32)no1. The lowest BCUT2D eigenvalue weighted by molar-refractivity contribution is -0.116. The first-order valence-corrected chi connectivity index (χ1v) is 6.49. The predicted molar refractivity (Wildman–Crippen MR) is 78.7 cm³/mol. The van der Waals surface area contributed by atoms with Crippen LogP contribution in [-0.4, -0.2) is 20.6 Å². The molecule has 0 saturated heterocycles. The number of benzene rings is 1. The highest BCUT2D eigenvalue weighted by molar-refractivity contribution is 5.90. The number of carbonyl (C=O) groups is 1. The highest BCUT2D eigenvalue weighted by atomic mass is 16.5. The van der Waals surface area contributed by atoms with Crippen LogP contribution in [-0.2, 0) is 11.3 Å². The third-order valence-electron chi connectivity index (χ3n) is 3.08. The Kier molecular flexibility index (Phi) is 3.34. The van der Waals surface area contributed by atoms with Crippen molar-refractivity contribution < 1.29 is 9.32 Å². The second kappa shape index (κ2) is 5.32. The van der Waals surface area contributed by atoms with Gasteiger partial charge in [-0.05, 0) is 19.1 Å². The van der Waals surface area contributed by atoms with E-state index in [9.17, 15) is 14.4 Å². The van der Waals surface area contributed by atoms with Crippen LogP contribution >= 0.6 is 0 Å². The van der Waals surface area contributed by atoms with Crippen LogP contribution in [0.5, 0.6) is 0 Å². The van der Waals surface area contributed by atoms with E-state index >= 15 is 0 Å². The number of para-hydroxylation sites is 2. The molecule has 112 valence electrons. The Balaban J connectivity index is 1.96. The van der Waals surface area contributed by atoms with Gasteiger partial charge in [-0.2, -0.15) is 0 Å². The highest BCUT2D eigenvalue weighted by Crippen LogP contribution is 2.09. The molecule has 3 aromatic rings. The maximum atomic E-state index is 12.0. The van der Waals surface area contributed by atoms with Crippen molar-refractivity contribution in [1.82, 2.24) is 14.7 Å². The first-order valence-electron chi connectivity index (χ1n) is 6.49. The lowest BCUT2D eigenvalue weighted by Crippen LogP contribution is -2.38. The normalized spacial score (nSPS) is 10.8. The van der Waals surface area contributed by atoms with Gasteiger partial charge in [0.15, 0.2) is 5.82 Å². The maximum absolute atomic E-state index is 12.0. The topological polar surface area (TPSA) is 110 Å². The number of H-pyrrole nitrogens is 1. The molecule has 0 atom stereocenters. The molecule has 0 aliphatic rings. The molecule has 0 spiro atoms. The second-order valence-electron chi connectivity index (χ2n) is 4.73. The molecule has 0 fully saturated rings. The summed E-state index contributed by atoms with van der Waals surface area (Å²) in [5, 5.41) is 6.14. The molecule has 0 unspecified atom stereocenters. The minimum absolute atomic E-state index is 0.254. The molecule has 0 radical (unpaired) electrons. The predicted octanol–water partition coefficient (Wildman–Crippen LogP) is 0.625. The Morgan fingerprint density at radius 2 is 2.14 bits per heavy atom. The third kappa shape index (κ3) is 2.53. The molecule has 1 amide bonds. The van der Waals surface area contributed by atoms with E-state index in [0.29, 0.717) is 16.8 Å². The number of aromatic nitrogens is 3. The molecule has 22 heavy (non-hydrogen) atoms. The fourth-order valence-corrected chi connectivity index (χ4v) is 2.13. The number of rotatable bonds is 3. The van der Waals surface area contributed by atoms with Crippen molar-refractivity contribution in [1.29, 1.82) is 0 Å². The summed E-state index contributed by atoms with van der Waals surface area (Å²) < 4.78 is 5.96. The number of hydrogen-bond acceptors (Lipinski definition) is 5. The average molecular weight is 300 g/mol. The number of amides is 1. The van der Waals surface area contributed by atoms with Gasteiger partial charge in [0.05, 0.1) is 11.0 Å². The first-order chi connectivity index (χ1) is 10.5. The van der Waals surface area contributed by atoms with Crippen molar-refractivity contribution in [2.45, 2.75) is 13.5 Å². The number of carbonyl (C=O) groups excluding carboxylic acids is 1. The molecule has 0 aliphatic heterocycles. The van der Waals surface area contributed by atoms with E-state index in [1.165, 1.54) is 0 Å². The molecule has 2 aromatic heterocycles. The summed E-state index contributed by atoms with van der Waals surface area (Å²) in [7, 11) is 0. The van der Waals surface area contributed by atoms with Crippen molar-refractivity contribution in [3.63, 3.8) is 0 Å². The Morgan fingerprint density at radius 1 is 1.36 bits per heavy atom. The van der Waals surface area contributed by atoms with Crippen LogP contribution in [0, 0.1) is 6.92 Å². The quantitative estimate of drug-likeness (QED) is 0.689. The Morgan fingerprint density at radius 3 is 2.86 bits per heavy atom. The monoisotopic (exact) mass is 300 g/mol. The van der Waals surface area contributed by atoms with Gasteiger partial charge in [-0.25, -0.2) is 0 Å². The largest absolute Gasteiger partial charge is 0.360 e. The Hall–Kier alpha value is -3.16. The zero-order chi connectivity index (χ0) is 15.7. The number of aryl methyl sites for hydroxylation is 1. The van der Waals surface area contributed by atoms with Crippen LogP contribution in [0.15, 0.2) is 44.4 Å². The van der Waals surface area contributed by atoms with Crippen molar-refractivity contribution in [3.05, 3.63) is 56.8 Å². The minimum Gasteiger partial charge on any atom is -0.360 e. The smallest absolute Gasteiger partial charge is 0.317 e. The fraction of sp³-hybridized carbons (Fsp3) is 0.143. The number of aromatic amines is 1. The number of fused-ring (bicyclic) bond motifs is 1. The van der Waals surface area contributed by atoms with Gasteiger partial charge in [0, 0.05) is 6.07 Å². The number of nitrogens with zero attached hydrogens (tertiary/aromatic N) is 2. The Bertz CT molecular complexity index is 967. The summed E-state index contributed by atoms with van der Waals surface area (Å²) in [6.45, 7) is 1.40. The summed E-state index contributed by atoms with van der Waals surface area (Å²) in [4.78, 5) is 38.1. The summed E-state index contributed by atoms with van der Waals surface area (Å²) in [6, 6.07) is 8.31. The maximum Gasteiger partial charge on any atom is 0.317 e. The molecule has 8 heteroatoms. The van der Waals surface area contributed by atoms with Gasteiger partial charge in [0.2, 0.25) is 5.91 Å². The van der Waals surface area contributed by atoms with E-state index in [2.05, 4.69) is 15.5 Å². The number of nitrogens with one attached hydrogen (secondary N) is 2. The lowest BCUT2D eigenvalue weighted by Gasteiger charge is -2.08. The van der Waals surface area contributed by atoms with Crippen molar-refractivity contribution >= 4 is 22.8 Å². The molecular formula is C14H12N4O4. The summed E-state index contributed by atoms with van der Waals surface area (Å²) in [5.41, 5.74) is -0.607. The number of anilines is 1.